The zero-order valence-electron chi connectivity index (χ0n) is 10.1. The first-order chi connectivity index (χ1) is 8.06. The number of benzene rings is 1. The van der Waals surface area contributed by atoms with Gasteiger partial charge in [-0.15, -0.1) is 0 Å². The number of nitrogens with two attached hydrogens (primary N) is 1. The van der Waals surface area contributed by atoms with Gasteiger partial charge < -0.3 is 11.1 Å². The first-order valence-corrected chi connectivity index (χ1v) is 5.83. The minimum Gasteiger partial charge on any atom is -0.329 e. The van der Waals surface area contributed by atoms with Gasteiger partial charge in [-0.25, -0.2) is 8.78 Å². The number of halogens is 2. The molecular weight excluding hydrogens is 222 g/mol. The maximum absolute atomic E-state index is 12.2. The monoisotopic (exact) mass is 242 g/mol. The fourth-order valence-electron chi connectivity index (χ4n) is 1.65. The lowest BCUT2D eigenvalue weighted by Gasteiger charge is -2.29. The average molecular weight is 242 g/mol. The Morgan fingerprint density at radius 1 is 1.29 bits per heavy atom. The van der Waals surface area contributed by atoms with Crippen LogP contribution >= 0.6 is 0 Å². The quantitative estimate of drug-likeness (QED) is 0.769. The molecule has 0 spiro atoms. The van der Waals surface area contributed by atoms with Crippen LogP contribution in [0, 0.1) is 0 Å². The lowest BCUT2D eigenvalue weighted by Crippen LogP contribution is -2.50. The van der Waals surface area contributed by atoms with Gasteiger partial charge in [0.1, 0.15) is 0 Å². The molecule has 1 rings (SSSR count). The molecule has 3 N–H and O–H groups in total. The highest BCUT2D eigenvalue weighted by atomic mass is 19.3. The van der Waals surface area contributed by atoms with Crippen molar-refractivity contribution in [2.45, 2.75) is 31.7 Å². The molecule has 1 aromatic carbocycles. The van der Waals surface area contributed by atoms with Gasteiger partial charge >= 0.3 is 0 Å². The number of nitrogens with one attached hydrogen (secondary N) is 1. The molecular formula is C13H20F2N2. The Bertz CT molecular complexity index is 316. The summed E-state index contributed by atoms with van der Waals surface area (Å²) < 4.78 is 24.3. The van der Waals surface area contributed by atoms with E-state index in [9.17, 15) is 8.78 Å². The van der Waals surface area contributed by atoms with Crippen LogP contribution in [-0.4, -0.2) is 25.1 Å². The largest absolute Gasteiger partial charge is 0.329 e. The molecule has 17 heavy (non-hydrogen) atoms. The Kier molecular flexibility index (Phi) is 5.51. The fraction of sp³-hybridized carbons (Fsp3) is 0.538. The molecule has 1 atom stereocenters. The Balaban J connectivity index is 2.45. The Labute approximate surface area is 101 Å². The molecule has 0 fully saturated rings. The Hall–Kier alpha value is -1.00. The number of hydrogen-bond donors (Lipinski definition) is 2. The maximum Gasteiger partial charge on any atom is 0.250 e. The molecule has 0 radical (unpaired) electrons. The zero-order chi connectivity index (χ0) is 12.7. The van der Waals surface area contributed by atoms with E-state index < -0.39 is 12.0 Å². The van der Waals surface area contributed by atoms with Crippen LogP contribution in [0.15, 0.2) is 30.3 Å². The third-order valence-electron chi connectivity index (χ3n) is 2.94. The summed E-state index contributed by atoms with van der Waals surface area (Å²) >= 11 is 0. The summed E-state index contributed by atoms with van der Waals surface area (Å²) in [5.41, 5.74) is 6.43. The van der Waals surface area contributed by atoms with Gasteiger partial charge in [-0.1, -0.05) is 30.3 Å². The van der Waals surface area contributed by atoms with E-state index in [1.807, 2.05) is 37.3 Å². The molecule has 2 nitrogen and oxygen atoms in total. The minimum atomic E-state index is -2.34. The molecule has 1 unspecified atom stereocenters. The molecule has 1 aromatic rings. The predicted octanol–water partition coefficient (Wildman–Crippen LogP) is 2.19. The van der Waals surface area contributed by atoms with Crippen molar-refractivity contribution in [1.29, 1.82) is 0 Å². The van der Waals surface area contributed by atoms with E-state index in [0.717, 1.165) is 12.8 Å². The first kappa shape index (κ1) is 14.1. The maximum atomic E-state index is 12.2. The van der Waals surface area contributed by atoms with Crippen LogP contribution in [-0.2, 0) is 6.42 Å². The summed E-state index contributed by atoms with van der Waals surface area (Å²) in [6, 6.07) is 9.97. The molecule has 0 saturated carbocycles. The predicted molar refractivity (Wildman–Crippen MR) is 66.2 cm³/mol. The van der Waals surface area contributed by atoms with Crippen molar-refractivity contribution in [2.75, 3.05) is 13.1 Å². The van der Waals surface area contributed by atoms with Crippen LogP contribution in [0.5, 0.6) is 0 Å². The second-order valence-electron chi connectivity index (χ2n) is 4.52. The molecule has 0 amide bonds. The van der Waals surface area contributed by atoms with E-state index in [0.29, 0.717) is 6.54 Å². The molecule has 0 bridgehead atoms. The highest BCUT2D eigenvalue weighted by molar-refractivity contribution is 5.15. The van der Waals surface area contributed by atoms with Gasteiger partial charge in [0.15, 0.2) is 0 Å². The minimum absolute atomic E-state index is 0.303. The number of aryl methyl sites for hydroxylation is 1. The van der Waals surface area contributed by atoms with Gasteiger partial charge in [0, 0.05) is 12.1 Å². The summed E-state index contributed by atoms with van der Waals surface area (Å²) in [5, 5.41) is 2.84. The van der Waals surface area contributed by atoms with E-state index >= 15 is 0 Å². The molecule has 0 aliphatic rings. The van der Waals surface area contributed by atoms with Crippen LogP contribution < -0.4 is 11.1 Å². The summed E-state index contributed by atoms with van der Waals surface area (Å²) in [7, 11) is 0. The SMILES string of the molecule is CC(CN)(CCc1ccccc1)NCC(F)F. The molecule has 0 saturated heterocycles. The summed E-state index contributed by atoms with van der Waals surface area (Å²) in [6.45, 7) is 1.94. The van der Waals surface area contributed by atoms with Crippen molar-refractivity contribution in [1.82, 2.24) is 5.32 Å². The van der Waals surface area contributed by atoms with Crippen LogP contribution in [0.2, 0.25) is 0 Å². The van der Waals surface area contributed by atoms with Gasteiger partial charge in [-0.05, 0) is 25.3 Å². The molecule has 0 heterocycles. The van der Waals surface area contributed by atoms with Crippen molar-refractivity contribution in [2.24, 2.45) is 5.73 Å². The molecule has 96 valence electrons. The van der Waals surface area contributed by atoms with Crippen LogP contribution in [0.4, 0.5) is 8.78 Å². The Morgan fingerprint density at radius 2 is 1.94 bits per heavy atom. The van der Waals surface area contributed by atoms with Crippen molar-refractivity contribution in [3.63, 3.8) is 0 Å². The van der Waals surface area contributed by atoms with Gasteiger partial charge in [0.25, 0.3) is 6.43 Å². The fourth-order valence-corrected chi connectivity index (χ4v) is 1.65. The highest BCUT2D eigenvalue weighted by Crippen LogP contribution is 2.13. The number of hydrogen-bond acceptors (Lipinski definition) is 2. The van der Waals surface area contributed by atoms with Crippen molar-refractivity contribution in [3.8, 4) is 0 Å². The summed E-state index contributed by atoms with van der Waals surface area (Å²) in [4.78, 5) is 0. The third-order valence-corrected chi connectivity index (χ3v) is 2.94. The number of rotatable bonds is 7. The molecule has 4 heteroatoms. The normalized spacial score (nSPS) is 14.9. The molecule has 0 aliphatic heterocycles. The molecule has 0 aromatic heterocycles. The van der Waals surface area contributed by atoms with Gasteiger partial charge in [0.2, 0.25) is 0 Å². The smallest absolute Gasteiger partial charge is 0.250 e. The van der Waals surface area contributed by atoms with Crippen molar-refractivity contribution < 1.29 is 8.78 Å². The topological polar surface area (TPSA) is 38.0 Å². The van der Waals surface area contributed by atoms with Crippen molar-refractivity contribution in [3.05, 3.63) is 35.9 Å². The number of alkyl halides is 2. The van der Waals surface area contributed by atoms with E-state index in [4.69, 9.17) is 5.73 Å². The third kappa shape index (κ3) is 5.24. The van der Waals surface area contributed by atoms with Gasteiger partial charge in [-0.2, -0.15) is 0 Å². The standard InChI is InChI=1S/C13H20F2N2/c1-13(10-16,17-9-12(14)15)8-7-11-5-3-2-4-6-11/h2-6,12,17H,7-10,16H2,1H3. The Morgan fingerprint density at radius 3 is 2.47 bits per heavy atom. The zero-order valence-corrected chi connectivity index (χ0v) is 10.1. The van der Waals surface area contributed by atoms with Crippen LogP contribution in [0.1, 0.15) is 18.9 Å². The highest BCUT2D eigenvalue weighted by Gasteiger charge is 2.22. The second kappa shape index (κ2) is 6.67. The average Bonchev–Trinajstić information content (AvgIpc) is 2.35. The van der Waals surface area contributed by atoms with Gasteiger partial charge in [0.05, 0.1) is 6.54 Å². The summed E-state index contributed by atoms with van der Waals surface area (Å²) in [5.74, 6) is 0. The first-order valence-electron chi connectivity index (χ1n) is 5.83. The van der Waals surface area contributed by atoms with E-state index in [1.165, 1.54) is 5.56 Å². The van der Waals surface area contributed by atoms with Crippen LogP contribution in [0.3, 0.4) is 0 Å². The van der Waals surface area contributed by atoms with Crippen molar-refractivity contribution >= 4 is 0 Å². The van der Waals surface area contributed by atoms with E-state index in [1.54, 1.807) is 0 Å². The van der Waals surface area contributed by atoms with Crippen LogP contribution in [0.25, 0.3) is 0 Å². The molecule has 0 aliphatic carbocycles. The lowest BCUT2D eigenvalue weighted by atomic mass is 9.93. The van der Waals surface area contributed by atoms with E-state index in [-0.39, 0.29) is 6.54 Å². The lowest BCUT2D eigenvalue weighted by molar-refractivity contribution is 0.130. The second-order valence-corrected chi connectivity index (χ2v) is 4.52. The summed E-state index contributed by atoms with van der Waals surface area (Å²) in [6.07, 6.45) is -0.747. The van der Waals surface area contributed by atoms with Gasteiger partial charge in [-0.3, -0.25) is 0 Å². The van der Waals surface area contributed by atoms with E-state index in [2.05, 4.69) is 5.32 Å².